The minimum Gasteiger partial charge on any atom is -0.480 e. The molecule has 92 valence electrons. The van der Waals surface area contributed by atoms with Gasteiger partial charge in [-0.1, -0.05) is 0 Å². The van der Waals surface area contributed by atoms with E-state index in [0.29, 0.717) is 18.8 Å². The summed E-state index contributed by atoms with van der Waals surface area (Å²) in [5, 5.41) is 8.95. The van der Waals surface area contributed by atoms with Gasteiger partial charge in [0.25, 0.3) is 10.2 Å². The van der Waals surface area contributed by atoms with Crippen molar-refractivity contribution in [2.75, 3.05) is 24.7 Å². The lowest BCUT2D eigenvalue weighted by Gasteiger charge is -2.25. The number of carboxylic acid groups (broad SMARTS) is 1. The highest BCUT2D eigenvalue weighted by atomic mass is 32.2. The number of hydrogen-bond donors (Lipinski definition) is 1. The molecule has 2 saturated heterocycles. The predicted octanol–water partition coefficient (Wildman–Crippen LogP) is -0.214. The van der Waals surface area contributed by atoms with E-state index in [1.165, 1.54) is 16.1 Å². The Balaban J connectivity index is 2.19. The van der Waals surface area contributed by atoms with E-state index in [2.05, 4.69) is 0 Å². The van der Waals surface area contributed by atoms with Crippen LogP contribution in [0.15, 0.2) is 0 Å². The molecule has 0 amide bonds. The van der Waals surface area contributed by atoms with Gasteiger partial charge in [-0.15, -0.1) is 11.8 Å². The second kappa shape index (κ2) is 4.52. The first-order valence-corrected chi connectivity index (χ1v) is 7.66. The van der Waals surface area contributed by atoms with Crippen LogP contribution in [0, 0.1) is 0 Å². The van der Waals surface area contributed by atoms with Crippen LogP contribution in [0.1, 0.15) is 12.8 Å². The molecular weight excluding hydrogens is 252 g/mol. The number of hydrogen-bond acceptors (Lipinski definition) is 4. The summed E-state index contributed by atoms with van der Waals surface area (Å²) in [5.41, 5.74) is 0. The highest BCUT2D eigenvalue weighted by Gasteiger charge is 2.42. The van der Waals surface area contributed by atoms with Crippen molar-refractivity contribution in [3.63, 3.8) is 0 Å². The van der Waals surface area contributed by atoms with Crippen LogP contribution in [0.4, 0.5) is 0 Å². The molecule has 2 rings (SSSR count). The normalized spacial score (nSPS) is 28.6. The summed E-state index contributed by atoms with van der Waals surface area (Å²) < 4.78 is 26.7. The molecule has 16 heavy (non-hydrogen) atoms. The van der Waals surface area contributed by atoms with E-state index < -0.39 is 22.2 Å². The predicted molar refractivity (Wildman–Crippen MR) is 60.3 cm³/mol. The highest BCUT2D eigenvalue weighted by Crippen LogP contribution is 2.27. The molecule has 6 nitrogen and oxygen atoms in total. The molecule has 8 heteroatoms. The molecule has 0 radical (unpaired) electrons. The van der Waals surface area contributed by atoms with Gasteiger partial charge in [0.15, 0.2) is 0 Å². The summed E-state index contributed by atoms with van der Waals surface area (Å²) >= 11 is 1.34. The average molecular weight is 266 g/mol. The van der Waals surface area contributed by atoms with Gasteiger partial charge in [-0.25, -0.2) is 0 Å². The Kier molecular flexibility index (Phi) is 3.43. The quantitative estimate of drug-likeness (QED) is 0.764. The molecule has 2 heterocycles. The van der Waals surface area contributed by atoms with Gasteiger partial charge >= 0.3 is 5.97 Å². The molecule has 0 aliphatic carbocycles. The van der Waals surface area contributed by atoms with Crippen molar-refractivity contribution in [1.82, 2.24) is 8.61 Å². The van der Waals surface area contributed by atoms with Crippen molar-refractivity contribution in [1.29, 1.82) is 0 Å². The third-order valence-electron chi connectivity index (χ3n) is 2.81. The van der Waals surface area contributed by atoms with E-state index in [1.54, 1.807) is 0 Å². The van der Waals surface area contributed by atoms with Gasteiger partial charge in [0.2, 0.25) is 0 Å². The Hall–Kier alpha value is -0.310. The summed E-state index contributed by atoms with van der Waals surface area (Å²) in [6.45, 7) is 1.02. The van der Waals surface area contributed by atoms with Crippen LogP contribution >= 0.6 is 11.8 Å². The molecular formula is C8H14N2O4S2. The molecule has 1 N–H and O–H groups in total. The Morgan fingerprint density at radius 3 is 2.50 bits per heavy atom. The van der Waals surface area contributed by atoms with Crippen LogP contribution in [0.5, 0.6) is 0 Å². The summed E-state index contributed by atoms with van der Waals surface area (Å²) in [5.74, 6) is -0.481. The zero-order chi connectivity index (χ0) is 11.8. The average Bonchev–Trinajstić information content (AvgIpc) is 2.89. The third-order valence-corrected chi connectivity index (χ3v) is 5.98. The van der Waals surface area contributed by atoms with Crippen LogP contribution in [-0.4, -0.2) is 58.9 Å². The van der Waals surface area contributed by atoms with E-state index in [1.807, 2.05) is 0 Å². The molecule has 2 aliphatic rings. The molecule has 0 aromatic heterocycles. The summed E-state index contributed by atoms with van der Waals surface area (Å²) in [7, 11) is -3.57. The lowest BCUT2D eigenvalue weighted by Crippen LogP contribution is -2.48. The first-order chi connectivity index (χ1) is 7.53. The van der Waals surface area contributed by atoms with Gasteiger partial charge in [-0.2, -0.15) is 17.0 Å². The number of nitrogens with zero attached hydrogens (tertiary/aromatic N) is 2. The SMILES string of the molecule is O=C(O)C1CSCN1S(=O)(=O)N1CCCC1. The third kappa shape index (κ3) is 2.06. The van der Waals surface area contributed by atoms with Gasteiger partial charge < -0.3 is 5.11 Å². The number of aliphatic carboxylic acids is 1. The van der Waals surface area contributed by atoms with E-state index >= 15 is 0 Å². The molecule has 0 bridgehead atoms. The maximum absolute atomic E-state index is 12.1. The van der Waals surface area contributed by atoms with Crippen molar-refractivity contribution in [2.45, 2.75) is 18.9 Å². The van der Waals surface area contributed by atoms with E-state index in [4.69, 9.17) is 5.11 Å². The number of carbonyl (C=O) groups is 1. The molecule has 0 aromatic rings. The Morgan fingerprint density at radius 2 is 1.94 bits per heavy atom. The zero-order valence-electron chi connectivity index (χ0n) is 8.70. The van der Waals surface area contributed by atoms with Gasteiger partial charge in [0.1, 0.15) is 6.04 Å². The lowest BCUT2D eigenvalue weighted by molar-refractivity contribution is -0.140. The van der Waals surface area contributed by atoms with Crippen molar-refractivity contribution in [3.8, 4) is 0 Å². The minimum absolute atomic E-state index is 0.246. The largest absolute Gasteiger partial charge is 0.480 e. The maximum atomic E-state index is 12.1. The van der Waals surface area contributed by atoms with E-state index in [-0.39, 0.29) is 5.88 Å². The fourth-order valence-electron chi connectivity index (χ4n) is 1.92. The zero-order valence-corrected chi connectivity index (χ0v) is 10.3. The highest BCUT2D eigenvalue weighted by molar-refractivity contribution is 8.00. The minimum atomic E-state index is -3.57. The second-order valence-corrected chi connectivity index (χ2v) is 6.74. The van der Waals surface area contributed by atoms with Gasteiger partial charge in [-0.05, 0) is 12.8 Å². The van der Waals surface area contributed by atoms with E-state index in [0.717, 1.165) is 17.1 Å². The van der Waals surface area contributed by atoms with Crippen LogP contribution in [-0.2, 0) is 15.0 Å². The molecule has 1 atom stereocenters. The van der Waals surface area contributed by atoms with Crippen molar-refractivity contribution >= 4 is 27.9 Å². The van der Waals surface area contributed by atoms with Gasteiger partial charge in [0.05, 0.1) is 5.88 Å². The Labute approximate surface area is 98.8 Å². The molecule has 0 spiro atoms. The van der Waals surface area contributed by atoms with Crippen LogP contribution in [0.25, 0.3) is 0 Å². The molecule has 0 aromatic carbocycles. The Morgan fingerprint density at radius 1 is 1.31 bits per heavy atom. The van der Waals surface area contributed by atoms with Gasteiger partial charge in [-0.3, -0.25) is 4.79 Å². The first-order valence-electron chi connectivity index (χ1n) is 5.11. The van der Waals surface area contributed by atoms with Crippen molar-refractivity contribution in [3.05, 3.63) is 0 Å². The standard InChI is InChI=1S/C8H14N2O4S2/c11-8(12)7-5-15-6-10(7)16(13,14)9-3-1-2-4-9/h7H,1-6H2,(H,11,12). The van der Waals surface area contributed by atoms with Gasteiger partial charge in [0, 0.05) is 18.8 Å². The summed E-state index contributed by atoms with van der Waals surface area (Å²) in [6.07, 6.45) is 1.72. The lowest BCUT2D eigenvalue weighted by atomic mass is 10.4. The fraction of sp³-hybridized carbons (Fsp3) is 0.875. The van der Waals surface area contributed by atoms with Crippen molar-refractivity contribution < 1.29 is 18.3 Å². The molecule has 2 aliphatic heterocycles. The molecule has 1 unspecified atom stereocenters. The van der Waals surface area contributed by atoms with Crippen LogP contribution < -0.4 is 0 Å². The van der Waals surface area contributed by atoms with Crippen LogP contribution in [0.3, 0.4) is 0 Å². The maximum Gasteiger partial charge on any atom is 0.322 e. The fourth-order valence-corrected chi connectivity index (χ4v) is 5.28. The topological polar surface area (TPSA) is 77.9 Å². The monoisotopic (exact) mass is 266 g/mol. The number of thioether (sulfide) groups is 1. The number of rotatable bonds is 3. The summed E-state index contributed by atoms with van der Waals surface area (Å²) in [6, 6.07) is -0.907. The summed E-state index contributed by atoms with van der Waals surface area (Å²) in [4.78, 5) is 10.9. The first kappa shape index (κ1) is 12.2. The van der Waals surface area contributed by atoms with Crippen molar-refractivity contribution in [2.24, 2.45) is 0 Å². The second-order valence-electron chi connectivity index (χ2n) is 3.85. The number of carboxylic acids is 1. The molecule has 2 fully saturated rings. The Bertz CT molecular complexity index is 377. The molecule has 0 saturated carbocycles. The smallest absolute Gasteiger partial charge is 0.322 e. The van der Waals surface area contributed by atoms with Crippen LogP contribution in [0.2, 0.25) is 0 Å². The van der Waals surface area contributed by atoms with E-state index in [9.17, 15) is 13.2 Å².